The van der Waals surface area contributed by atoms with Crippen LogP contribution in [0.3, 0.4) is 0 Å². The average Bonchev–Trinajstić information content (AvgIpc) is 3.06. The minimum absolute atomic E-state index is 0. The molecule has 3 amide bonds. The number of hydrogen-bond acceptors (Lipinski definition) is 4. The lowest BCUT2D eigenvalue weighted by Crippen LogP contribution is -2.44. The van der Waals surface area contributed by atoms with Gasteiger partial charge in [0.05, 0.1) is 6.54 Å². The highest BCUT2D eigenvalue weighted by atomic mass is 127. The summed E-state index contributed by atoms with van der Waals surface area (Å²) < 4.78 is 0. The number of carbonyl (C=O) groups excluding carboxylic acids is 2. The van der Waals surface area contributed by atoms with Gasteiger partial charge in [0, 0.05) is 31.9 Å². The van der Waals surface area contributed by atoms with Gasteiger partial charge < -0.3 is 16.0 Å². The lowest BCUT2D eigenvalue weighted by molar-refractivity contribution is -0.124. The van der Waals surface area contributed by atoms with Crippen molar-refractivity contribution in [3.63, 3.8) is 0 Å². The normalized spacial score (nSPS) is 22.0. The van der Waals surface area contributed by atoms with Crippen LogP contribution in [0, 0.1) is 0 Å². The number of nitrogens with one attached hydrogen (secondary N) is 3. The lowest BCUT2D eigenvalue weighted by Gasteiger charge is -2.17. The van der Waals surface area contributed by atoms with Crippen LogP contribution in [0.4, 0.5) is 4.79 Å². The number of thioether (sulfide) groups is 1. The van der Waals surface area contributed by atoms with E-state index < -0.39 is 0 Å². The molecule has 2 heterocycles. The fourth-order valence-electron chi connectivity index (χ4n) is 2.20. The second kappa shape index (κ2) is 9.34. The van der Waals surface area contributed by atoms with Gasteiger partial charge in [-0.1, -0.05) is 0 Å². The van der Waals surface area contributed by atoms with E-state index in [9.17, 15) is 9.59 Å². The number of carbonyl (C=O) groups is 2. The van der Waals surface area contributed by atoms with E-state index >= 15 is 0 Å². The Morgan fingerprint density at radius 1 is 1.48 bits per heavy atom. The summed E-state index contributed by atoms with van der Waals surface area (Å²) in [6.07, 6.45) is 2.53. The van der Waals surface area contributed by atoms with Gasteiger partial charge in [-0.15, -0.1) is 24.0 Å². The summed E-state index contributed by atoms with van der Waals surface area (Å²) in [4.78, 5) is 28.1. The summed E-state index contributed by atoms with van der Waals surface area (Å²) in [6, 6.07) is -0.317. The zero-order chi connectivity index (χ0) is 14.4. The van der Waals surface area contributed by atoms with Crippen LogP contribution in [-0.4, -0.2) is 67.0 Å². The second-order valence-corrected chi connectivity index (χ2v) is 6.13. The number of amides is 3. The van der Waals surface area contributed by atoms with E-state index in [1.165, 1.54) is 23.5 Å². The van der Waals surface area contributed by atoms with Crippen molar-refractivity contribution in [2.75, 3.05) is 39.0 Å². The Kier molecular flexibility index (Phi) is 8.15. The lowest BCUT2D eigenvalue weighted by atomic mass is 10.2. The molecule has 0 aromatic carbocycles. The number of hydrogen-bond donors (Lipinski definition) is 3. The van der Waals surface area contributed by atoms with Crippen LogP contribution in [0.1, 0.15) is 12.8 Å². The minimum atomic E-state index is -0.317. The molecule has 2 fully saturated rings. The van der Waals surface area contributed by atoms with Crippen molar-refractivity contribution in [2.24, 2.45) is 4.99 Å². The van der Waals surface area contributed by atoms with Gasteiger partial charge in [-0.25, -0.2) is 4.79 Å². The maximum absolute atomic E-state index is 11.4. The highest BCUT2D eigenvalue weighted by molar-refractivity contribution is 14.0. The number of aliphatic imine (C=N–C) groups is 1. The van der Waals surface area contributed by atoms with E-state index in [-0.39, 0.29) is 42.5 Å². The predicted octanol–water partition coefficient (Wildman–Crippen LogP) is 0.217. The van der Waals surface area contributed by atoms with Gasteiger partial charge >= 0.3 is 6.03 Å². The van der Waals surface area contributed by atoms with Gasteiger partial charge in [-0.3, -0.25) is 14.7 Å². The molecule has 1 atom stereocenters. The number of guanidine groups is 1. The molecule has 9 heteroatoms. The molecule has 120 valence electrons. The molecule has 2 aliphatic rings. The van der Waals surface area contributed by atoms with E-state index in [4.69, 9.17) is 0 Å². The first kappa shape index (κ1) is 18.3. The molecule has 2 rings (SSSR count). The van der Waals surface area contributed by atoms with Crippen LogP contribution in [-0.2, 0) is 4.79 Å². The molecule has 0 bridgehead atoms. The summed E-state index contributed by atoms with van der Waals surface area (Å²) >= 11 is 1.99. The highest BCUT2D eigenvalue weighted by Crippen LogP contribution is 2.25. The van der Waals surface area contributed by atoms with Gasteiger partial charge in [-0.05, 0) is 18.6 Å². The molecule has 7 nitrogen and oxygen atoms in total. The summed E-state index contributed by atoms with van der Waals surface area (Å²) in [5.74, 6) is 1.77. The Balaban J connectivity index is 0.00000220. The number of halogens is 1. The molecule has 0 saturated carbocycles. The summed E-state index contributed by atoms with van der Waals surface area (Å²) in [5, 5.41) is 9.54. The molecule has 0 aliphatic carbocycles. The van der Waals surface area contributed by atoms with Gasteiger partial charge in [0.1, 0.15) is 0 Å². The Morgan fingerprint density at radius 3 is 2.86 bits per heavy atom. The molecule has 21 heavy (non-hydrogen) atoms. The molecule has 0 aromatic heterocycles. The fraction of sp³-hybridized carbons (Fsp3) is 0.750. The first-order valence-corrected chi connectivity index (χ1v) is 7.90. The van der Waals surface area contributed by atoms with E-state index in [2.05, 4.69) is 20.9 Å². The third kappa shape index (κ3) is 5.53. The van der Waals surface area contributed by atoms with Crippen LogP contribution < -0.4 is 16.0 Å². The van der Waals surface area contributed by atoms with Crippen molar-refractivity contribution < 1.29 is 9.59 Å². The number of rotatable bonds is 5. The van der Waals surface area contributed by atoms with Gasteiger partial charge in [-0.2, -0.15) is 11.8 Å². The Hall–Kier alpha value is -0.710. The van der Waals surface area contributed by atoms with Crippen molar-refractivity contribution in [1.82, 2.24) is 20.9 Å². The Morgan fingerprint density at radius 2 is 2.29 bits per heavy atom. The van der Waals surface area contributed by atoms with Crippen molar-refractivity contribution in [3.05, 3.63) is 0 Å². The molecule has 0 aromatic rings. The molecule has 1 unspecified atom stereocenters. The van der Waals surface area contributed by atoms with Crippen molar-refractivity contribution >= 4 is 53.6 Å². The molecule has 3 N–H and O–H groups in total. The average molecular weight is 427 g/mol. The topological polar surface area (TPSA) is 85.8 Å². The zero-order valence-electron chi connectivity index (χ0n) is 12.1. The Bertz CT molecular complexity index is 385. The standard InChI is InChI=1S/C12H21N5O2S.HI/c1-13-11(15-7-9-3-2-6-20-9)14-4-5-17-10(18)8-16-12(17)19;/h9H,2-8H2,1H3,(H,16,19)(H2,13,14,15);1H. The molecular weight excluding hydrogens is 405 g/mol. The first-order valence-electron chi connectivity index (χ1n) is 6.85. The van der Waals surface area contributed by atoms with Crippen molar-refractivity contribution in [3.8, 4) is 0 Å². The van der Waals surface area contributed by atoms with E-state index in [1.54, 1.807) is 7.05 Å². The second-order valence-electron chi connectivity index (χ2n) is 4.72. The maximum Gasteiger partial charge on any atom is 0.324 e. The van der Waals surface area contributed by atoms with Crippen LogP contribution in [0.15, 0.2) is 4.99 Å². The van der Waals surface area contributed by atoms with Gasteiger partial charge in [0.25, 0.3) is 0 Å². The highest BCUT2D eigenvalue weighted by Gasteiger charge is 2.27. The number of imide groups is 1. The van der Waals surface area contributed by atoms with Crippen LogP contribution in [0.25, 0.3) is 0 Å². The molecule has 2 aliphatic heterocycles. The SMILES string of the molecule is CN=C(NCCN1C(=O)CNC1=O)NCC1CCCS1.I. The quantitative estimate of drug-likeness (QED) is 0.253. The Labute approximate surface area is 146 Å². The first-order chi connectivity index (χ1) is 9.70. The monoisotopic (exact) mass is 427 g/mol. The third-order valence-electron chi connectivity index (χ3n) is 3.31. The molecule has 0 spiro atoms. The van der Waals surface area contributed by atoms with Gasteiger partial charge in [0.15, 0.2) is 5.96 Å². The minimum Gasteiger partial charge on any atom is -0.355 e. The van der Waals surface area contributed by atoms with Crippen LogP contribution in [0.5, 0.6) is 0 Å². The largest absolute Gasteiger partial charge is 0.355 e. The van der Waals surface area contributed by atoms with E-state index in [0.29, 0.717) is 24.3 Å². The summed E-state index contributed by atoms with van der Waals surface area (Å²) in [5.41, 5.74) is 0. The van der Waals surface area contributed by atoms with Crippen LogP contribution in [0.2, 0.25) is 0 Å². The van der Waals surface area contributed by atoms with Gasteiger partial charge in [0.2, 0.25) is 5.91 Å². The summed E-state index contributed by atoms with van der Waals surface area (Å²) in [6.45, 7) is 1.85. The third-order valence-corrected chi connectivity index (χ3v) is 4.71. The van der Waals surface area contributed by atoms with E-state index in [0.717, 1.165) is 6.54 Å². The zero-order valence-corrected chi connectivity index (χ0v) is 15.2. The van der Waals surface area contributed by atoms with Crippen molar-refractivity contribution in [1.29, 1.82) is 0 Å². The van der Waals surface area contributed by atoms with Crippen molar-refractivity contribution in [2.45, 2.75) is 18.1 Å². The molecular formula is C12H22IN5O2S. The maximum atomic E-state index is 11.4. The smallest absolute Gasteiger partial charge is 0.324 e. The predicted molar refractivity (Wildman–Crippen MR) is 95.4 cm³/mol. The van der Waals surface area contributed by atoms with E-state index in [1.807, 2.05) is 11.8 Å². The fourth-order valence-corrected chi connectivity index (χ4v) is 3.41. The van der Waals surface area contributed by atoms with Crippen LogP contribution >= 0.6 is 35.7 Å². The number of urea groups is 1. The molecule has 2 saturated heterocycles. The molecule has 0 radical (unpaired) electrons. The number of nitrogens with zero attached hydrogens (tertiary/aromatic N) is 2. The summed E-state index contributed by atoms with van der Waals surface area (Å²) in [7, 11) is 1.71.